The van der Waals surface area contributed by atoms with Crippen LogP contribution in [0.3, 0.4) is 0 Å². The third kappa shape index (κ3) is 5.52. The molecule has 112 valence electrons. The van der Waals surface area contributed by atoms with E-state index in [1.165, 1.54) is 0 Å². The molecule has 2 N–H and O–H groups in total. The van der Waals surface area contributed by atoms with Crippen LogP contribution < -0.4 is 10.6 Å². The average molecular weight is 279 g/mol. The molecule has 0 aliphatic rings. The second kappa shape index (κ2) is 8.47. The van der Waals surface area contributed by atoms with Gasteiger partial charge in [-0.3, -0.25) is 9.69 Å². The van der Waals surface area contributed by atoms with E-state index in [0.717, 1.165) is 30.4 Å². The van der Waals surface area contributed by atoms with Crippen LogP contribution in [0.4, 0.5) is 5.82 Å². The largest absolute Gasteiger partial charge is 0.370 e. The van der Waals surface area contributed by atoms with Crippen LogP contribution in [0.2, 0.25) is 0 Å². The first-order valence-electron chi connectivity index (χ1n) is 7.16. The van der Waals surface area contributed by atoms with E-state index in [0.29, 0.717) is 19.6 Å². The van der Waals surface area contributed by atoms with Crippen LogP contribution >= 0.6 is 0 Å². The molecule has 0 saturated heterocycles. The fourth-order valence-electron chi connectivity index (χ4n) is 1.91. The summed E-state index contributed by atoms with van der Waals surface area (Å²) < 4.78 is 0. The van der Waals surface area contributed by atoms with Crippen molar-refractivity contribution >= 4 is 11.7 Å². The number of rotatable bonds is 8. The molecule has 1 aromatic heterocycles. The van der Waals surface area contributed by atoms with Crippen LogP contribution in [0.15, 0.2) is 6.07 Å². The lowest BCUT2D eigenvalue weighted by Crippen LogP contribution is -2.37. The molecule has 0 atom stereocenters. The SMILES string of the molecule is CCNC(=O)CN(CC)Cc1nc(C)cc(NCC)n1. The first-order chi connectivity index (χ1) is 9.58. The van der Waals surface area contributed by atoms with Crippen LogP contribution in [0.5, 0.6) is 0 Å². The van der Waals surface area contributed by atoms with Crippen molar-refractivity contribution in [2.24, 2.45) is 0 Å². The summed E-state index contributed by atoms with van der Waals surface area (Å²) >= 11 is 0. The number of carbonyl (C=O) groups is 1. The molecule has 0 unspecified atom stereocenters. The number of aryl methyl sites for hydroxylation is 1. The molecule has 1 heterocycles. The molecule has 0 spiro atoms. The third-order valence-electron chi connectivity index (χ3n) is 2.81. The van der Waals surface area contributed by atoms with Crippen LogP contribution in [-0.4, -0.2) is 47.0 Å². The van der Waals surface area contributed by atoms with E-state index >= 15 is 0 Å². The Kier molecular flexibility index (Phi) is 6.93. The molecule has 0 radical (unpaired) electrons. The first kappa shape index (κ1) is 16.4. The molecule has 0 bridgehead atoms. The fourth-order valence-corrected chi connectivity index (χ4v) is 1.91. The van der Waals surface area contributed by atoms with Gasteiger partial charge in [-0.2, -0.15) is 0 Å². The summed E-state index contributed by atoms with van der Waals surface area (Å²) in [5.41, 5.74) is 0.931. The zero-order valence-corrected chi connectivity index (χ0v) is 12.9. The molecule has 0 fully saturated rings. The summed E-state index contributed by atoms with van der Waals surface area (Å²) in [6.07, 6.45) is 0. The van der Waals surface area contributed by atoms with Gasteiger partial charge in [0.05, 0.1) is 13.1 Å². The minimum absolute atomic E-state index is 0.0360. The van der Waals surface area contributed by atoms with Gasteiger partial charge >= 0.3 is 0 Å². The minimum atomic E-state index is 0.0360. The average Bonchev–Trinajstić information content (AvgIpc) is 2.38. The van der Waals surface area contributed by atoms with E-state index < -0.39 is 0 Å². The molecule has 0 aliphatic carbocycles. The smallest absolute Gasteiger partial charge is 0.234 e. The Balaban J connectivity index is 2.71. The molecule has 6 heteroatoms. The summed E-state index contributed by atoms with van der Waals surface area (Å²) in [5, 5.41) is 6.00. The highest BCUT2D eigenvalue weighted by Gasteiger charge is 2.11. The minimum Gasteiger partial charge on any atom is -0.370 e. The number of carbonyl (C=O) groups excluding carboxylic acids is 1. The first-order valence-corrected chi connectivity index (χ1v) is 7.16. The zero-order chi connectivity index (χ0) is 15.0. The molecule has 0 aromatic carbocycles. The van der Waals surface area contributed by atoms with Crippen molar-refractivity contribution in [2.45, 2.75) is 34.2 Å². The van der Waals surface area contributed by atoms with E-state index in [9.17, 15) is 4.79 Å². The number of aromatic nitrogens is 2. The number of likely N-dealkylation sites (N-methyl/N-ethyl adjacent to an activating group) is 2. The third-order valence-corrected chi connectivity index (χ3v) is 2.81. The van der Waals surface area contributed by atoms with Gasteiger partial charge in [0.2, 0.25) is 5.91 Å². The van der Waals surface area contributed by atoms with Crippen molar-refractivity contribution in [1.29, 1.82) is 0 Å². The van der Waals surface area contributed by atoms with Crippen LogP contribution in [0.25, 0.3) is 0 Å². The summed E-state index contributed by atoms with van der Waals surface area (Å²) in [6, 6.07) is 1.92. The highest BCUT2D eigenvalue weighted by Crippen LogP contribution is 2.08. The number of hydrogen-bond acceptors (Lipinski definition) is 5. The zero-order valence-electron chi connectivity index (χ0n) is 12.9. The monoisotopic (exact) mass is 279 g/mol. The summed E-state index contributed by atoms with van der Waals surface area (Å²) in [6.45, 7) is 11.1. The Hall–Kier alpha value is -1.69. The van der Waals surface area contributed by atoms with Gasteiger partial charge in [0.15, 0.2) is 0 Å². The maximum Gasteiger partial charge on any atom is 0.234 e. The van der Waals surface area contributed by atoms with Crippen molar-refractivity contribution < 1.29 is 4.79 Å². The standard InChI is InChI=1S/C14H25N5O/c1-5-15-12-8-11(4)17-13(18-12)9-19(7-3)10-14(20)16-6-2/h8H,5-7,9-10H2,1-4H3,(H,16,20)(H,15,17,18). The van der Waals surface area contributed by atoms with Gasteiger partial charge < -0.3 is 10.6 Å². The molecular formula is C14H25N5O. The van der Waals surface area contributed by atoms with E-state index in [2.05, 4.69) is 20.6 Å². The topological polar surface area (TPSA) is 70.2 Å². The van der Waals surface area contributed by atoms with E-state index in [-0.39, 0.29) is 5.91 Å². The lowest BCUT2D eigenvalue weighted by Gasteiger charge is -2.19. The Morgan fingerprint density at radius 1 is 1.25 bits per heavy atom. The normalized spacial score (nSPS) is 10.7. The van der Waals surface area contributed by atoms with Gasteiger partial charge in [-0.05, 0) is 27.3 Å². The van der Waals surface area contributed by atoms with Crippen LogP contribution in [0, 0.1) is 6.92 Å². The molecule has 1 amide bonds. The molecule has 1 aromatic rings. The predicted octanol–water partition coefficient (Wildman–Crippen LogP) is 1.17. The number of nitrogens with one attached hydrogen (secondary N) is 2. The van der Waals surface area contributed by atoms with Gasteiger partial charge in [-0.1, -0.05) is 6.92 Å². The van der Waals surface area contributed by atoms with Crippen LogP contribution in [0.1, 0.15) is 32.3 Å². The number of nitrogens with zero attached hydrogens (tertiary/aromatic N) is 3. The highest BCUT2D eigenvalue weighted by atomic mass is 16.2. The maximum atomic E-state index is 11.6. The van der Waals surface area contributed by atoms with E-state index in [1.807, 2.05) is 38.7 Å². The summed E-state index contributed by atoms with van der Waals surface area (Å²) in [5.74, 6) is 1.62. The van der Waals surface area contributed by atoms with Crippen molar-refractivity contribution in [3.63, 3.8) is 0 Å². The van der Waals surface area contributed by atoms with Gasteiger partial charge in [-0.15, -0.1) is 0 Å². The van der Waals surface area contributed by atoms with E-state index in [4.69, 9.17) is 0 Å². The van der Waals surface area contributed by atoms with Gasteiger partial charge in [0.25, 0.3) is 0 Å². The van der Waals surface area contributed by atoms with Crippen molar-refractivity contribution in [3.8, 4) is 0 Å². The molecular weight excluding hydrogens is 254 g/mol. The predicted molar refractivity (Wildman–Crippen MR) is 80.6 cm³/mol. The number of amides is 1. The molecule has 6 nitrogen and oxygen atoms in total. The molecule has 20 heavy (non-hydrogen) atoms. The lowest BCUT2D eigenvalue weighted by molar-refractivity contribution is -0.122. The number of anilines is 1. The van der Waals surface area contributed by atoms with Crippen molar-refractivity contribution in [3.05, 3.63) is 17.6 Å². The Bertz CT molecular complexity index is 436. The van der Waals surface area contributed by atoms with Gasteiger partial charge in [0, 0.05) is 24.8 Å². The second-order valence-corrected chi connectivity index (χ2v) is 4.60. The quantitative estimate of drug-likeness (QED) is 0.747. The highest BCUT2D eigenvalue weighted by molar-refractivity contribution is 5.77. The number of hydrogen-bond donors (Lipinski definition) is 2. The van der Waals surface area contributed by atoms with Crippen molar-refractivity contribution in [1.82, 2.24) is 20.2 Å². The Morgan fingerprint density at radius 3 is 2.60 bits per heavy atom. The van der Waals surface area contributed by atoms with Gasteiger partial charge in [0.1, 0.15) is 11.6 Å². The fraction of sp³-hybridized carbons (Fsp3) is 0.643. The van der Waals surface area contributed by atoms with Gasteiger partial charge in [-0.25, -0.2) is 9.97 Å². The molecule has 0 saturated carbocycles. The van der Waals surface area contributed by atoms with E-state index in [1.54, 1.807) is 0 Å². The Labute approximate surface area is 121 Å². The summed E-state index contributed by atoms with van der Waals surface area (Å²) in [7, 11) is 0. The maximum absolute atomic E-state index is 11.6. The van der Waals surface area contributed by atoms with Crippen LogP contribution in [-0.2, 0) is 11.3 Å². The lowest BCUT2D eigenvalue weighted by atomic mass is 10.3. The molecule has 1 rings (SSSR count). The molecule has 0 aliphatic heterocycles. The summed E-state index contributed by atoms with van der Waals surface area (Å²) in [4.78, 5) is 22.6. The Morgan fingerprint density at radius 2 is 2.00 bits per heavy atom. The van der Waals surface area contributed by atoms with Crippen molar-refractivity contribution in [2.75, 3.05) is 31.5 Å². The second-order valence-electron chi connectivity index (χ2n) is 4.60.